The summed E-state index contributed by atoms with van der Waals surface area (Å²) in [4.78, 5) is 9.96. The van der Waals surface area contributed by atoms with Crippen LogP contribution in [0.3, 0.4) is 0 Å². The fourth-order valence-electron chi connectivity index (χ4n) is 1.78. The number of halogens is 4. The third-order valence-electron chi connectivity index (χ3n) is 2.86. The number of nitro benzene ring substituents is 1. The SMILES string of the molecule is O=[N+]([O-])c1ccc(F)c(NC(=S)Nc2cccc(C(F)(F)F)c2)c1. The summed E-state index contributed by atoms with van der Waals surface area (Å²) in [6.45, 7) is 0. The normalized spacial score (nSPS) is 11.0. The maximum Gasteiger partial charge on any atom is 0.416 e. The molecule has 2 rings (SSSR count). The Labute approximate surface area is 138 Å². The minimum Gasteiger partial charge on any atom is -0.332 e. The number of nitrogens with one attached hydrogen (secondary N) is 2. The molecule has 0 unspecified atom stereocenters. The Bertz CT molecular complexity index is 796. The summed E-state index contributed by atoms with van der Waals surface area (Å²) in [7, 11) is 0. The Morgan fingerprint density at radius 3 is 2.46 bits per heavy atom. The standard InChI is InChI=1S/C14H9F4N3O2S/c15-11-5-4-10(21(22)23)7-12(11)20-13(24)19-9-3-1-2-8(6-9)14(16,17)18/h1-7H,(H2,19,20,24). The topological polar surface area (TPSA) is 67.2 Å². The van der Waals surface area contributed by atoms with E-state index in [1.165, 1.54) is 12.1 Å². The molecule has 5 nitrogen and oxygen atoms in total. The van der Waals surface area contributed by atoms with Gasteiger partial charge in [0.1, 0.15) is 5.82 Å². The number of hydrogen-bond acceptors (Lipinski definition) is 3. The summed E-state index contributed by atoms with van der Waals surface area (Å²) < 4.78 is 51.5. The molecule has 2 N–H and O–H groups in total. The first kappa shape index (κ1) is 17.6. The number of nitro groups is 1. The van der Waals surface area contributed by atoms with Crippen LogP contribution in [-0.4, -0.2) is 10.0 Å². The van der Waals surface area contributed by atoms with E-state index < -0.39 is 22.5 Å². The van der Waals surface area contributed by atoms with E-state index >= 15 is 0 Å². The van der Waals surface area contributed by atoms with E-state index in [-0.39, 0.29) is 22.2 Å². The summed E-state index contributed by atoms with van der Waals surface area (Å²) in [6, 6.07) is 7.03. The highest BCUT2D eigenvalue weighted by Crippen LogP contribution is 2.30. The zero-order valence-electron chi connectivity index (χ0n) is 11.7. The summed E-state index contributed by atoms with van der Waals surface area (Å²) >= 11 is 4.88. The molecule has 2 aromatic carbocycles. The first-order chi connectivity index (χ1) is 11.2. The Balaban J connectivity index is 2.14. The number of thiocarbonyl (C=S) groups is 1. The van der Waals surface area contributed by atoms with Crippen LogP contribution in [0.15, 0.2) is 42.5 Å². The largest absolute Gasteiger partial charge is 0.416 e. The van der Waals surface area contributed by atoms with E-state index in [9.17, 15) is 27.7 Å². The molecule has 0 heterocycles. The van der Waals surface area contributed by atoms with Crippen LogP contribution < -0.4 is 10.6 Å². The number of benzene rings is 2. The molecule has 0 amide bonds. The van der Waals surface area contributed by atoms with Crippen molar-refractivity contribution in [2.24, 2.45) is 0 Å². The number of hydrogen-bond donors (Lipinski definition) is 2. The molecule has 0 spiro atoms. The number of anilines is 2. The molecule has 24 heavy (non-hydrogen) atoms. The summed E-state index contributed by atoms with van der Waals surface area (Å²) in [5.74, 6) is -0.797. The highest BCUT2D eigenvalue weighted by Gasteiger charge is 2.30. The van der Waals surface area contributed by atoms with Crippen LogP contribution in [0.1, 0.15) is 5.56 Å². The molecule has 0 atom stereocenters. The van der Waals surface area contributed by atoms with Crippen molar-refractivity contribution in [3.8, 4) is 0 Å². The van der Waals surface area contributed by atoms with Gasteiger partial charge in [-0.15, -0.1) is 0 Å². The van der Waals surface area contributed by atoms with Crippen molar-refractivity contribution in [2.45, 2.75) is 6.18 Å². The van der Waals surface area contributed by atoms with Gasteiger partial charge in [-0.1, -0.05) is 6.07 Å². The van der Waals surface area contributed by atoms with Crippen molar-refractivity contribution >= 4 is 34.4 Å². The summed E-state index contributed by atoms with van der Waals surface area (Å²) in [6.07, 6.45) is -4.51. The number of alkyl halides is 3. The zero-order valence-corrected chi connectivity index (χ0v) is 12.5. The van der Waals surface area contributed by atoms with Gasteiger partial charge in [-0.2, -0.15) is 13.2 Å². The van der Waals surface area contributed by atoms with Crippen molar-refractivity contribution in [2.75, 3.05) is 10.6 Å². The number of non-ortho nitro benzene ring substituents is 1. The van der Waals surface area contributed by atoms with Gasteiger partial charge < -0.3 is 10.6 Å². The molecule has 0 saturated heterocycles. The first-order valence-electron chi connectivity index (χ1n) is 6.36. The van der Waals surface area contributed by atoms with Gasteiger partial charge in [-0.3, -0.25) is 10.1 Å². The third-order valence-corrected chi connectivity index (χ3v) is 3.06. The van der Waals surface area contributed by atoms with Crippen LogP contribution in [0.4, 0.5) is 34.6 Å². The van der Waals surface area contributed by atoms with Crippen molar-refractivity contribution in [1.82, 2.24) is 0 Å². The molecular weight excluding hydrogens is 350 g/mol. The summed E-state index contributed by atoms with van der Waals surface area (Å²) in [5.41, 5.74) is -1.47. The fraction of sp³-hybridized carbons (Fsp3) is 0.0714. The molecule has 10 heteroatoms. The maximum atomic E-state index is 13.6. The monoisotopic (exact) mass is 359 g/mol. The summed E-state index contributed by atoms with van der Waals surface area (Å²) in [5, 5.41) is 15.3. The second-order valence-electron chi connectivity index (χ2n) is 4.58. The van der Waals surface area contributed by atoms with E-state index in [1.807, 2.05) is 0 Å². The first-order valence-corrected chi connectivity index (χ1v) is 6.77. The smallest absolute Gasteiger partial charge is 0.332 e. The van der Waals surface area contributed by atoms with Crippen LogP contribution in [0, 0.1) is 15.9 Å². The van der Waals surface area contributed by atoms with Gasteiger partial charge in [0.2, 0.25) is 0 Å². The average Bonchev–Trinajstić information content (AvgIpc) is 2.48. The Morgan fingerprint density at radius 1 is 1.12 bits per heavy atom. The minimum absolute atomic E-state index is 0.0353. The van der Waals surface area contributed by atoms with Crippen LogP contribution in [0.25, 0.3) is 0 Å². The van der Waals surface area contributed by atoms with Crippen LogP contribution in [-0.2, 0) is 6.18 Å². The van der Waals surface area contributed by atoms with Gasteiger partial charge in [0.25, 0.3) is 5.69 Å². The Kier molecular flexibility index (Phi) is 4.98. The van der Waals surface area contributed by atoms with E-state index in [0.29, 0.717) is 0 Å². The maximum absolute atomic E-state index is 13.6. The van der Waals surface area contributed by atoms with Gasteiger partial charge in [0, 0.05) is 17.8 Å². The van der Waals surface area contributed by atoms with E-state index in [0.717, 1.165) is 30.3 Å². The van der Waals surface area contributed by atoms with Crippen molar-refractivity contribution in [3.05, 3.63) is 64.0 Å². The van der Waals surface area contributed by atoms with Gasteiger partial charge >= 0.3 is 6.18 Å². The van der Waals surface area contributed by atoms with Gasteiger partial charge in [-0.05, 0) is 36.5 Å². The molecule has 0 aromatic heterocycles. The van der Waals surface area contributed by atoms with Crippen LogP contribution in [0.5, 0.6) is 0 Å². The lowest BCUT2D eigenvalue weighted by Gasteiger charge is -2.13. The third kappa shape index (κ3) is 4.38. The fourth-order valence-corrected chi connectivity index (χ4v) is 2.01. The van der Waals surface area contributed by atoms with Crippen LogP contribution >= 0.6 is 12.2 Å². The molecular formula is C14H9F4N3O2S. The van der Waals surface area contributed by atoms with E-state index in [1.54, 1.807) is 0 Å². The molecule has 0 fully saturated rings. The Morgan fingerprint density at radius 2 is 1.83 bits per heavy atom. The zero-order chi connectivity index (χ0) is 17.9. The lowest BCUT2D eigenvalue weighted by Crippen LogP contribution is -2.20. The predicted molar refractivity (Wildman–Crippen MR) is 84.3 cm³/mol. The molecule has 0 aliphatic rings. The highest BCUT2D eigenvalue weighted by molar-refractivity contribution is 7.80. The predicted octanol–water partition coefficient (Wildman–Crippen LogP) is 4.56. The quantitative estimate of drug-likeness (QED) is 0.364. The van der Waals surface area contributed by atoms with Crippen molar-refractivity contribution in [3.63, 3.8) is 0 Å². The van der Waals surface area contributed by atoms with Gasteiger partial charge in [0.05, 0.1) is 16.2 Å². The van der Waals surface area contributed by atoms with Crippen molar-refractivity contribution < 1.29 is 22.5 Å². The highest BCUT2D eigenvalue weighted by atomic mass is 32.1. The Hall–Kier alpha value is -2.75. The number of rotatable bonds is 3. The molecule has 126 valence electrons. The lowest BCUT2D eigenvalue weighted by atomic mass is 10.2. The molecule has 0 aliphatic heterocycles. The van der Waals surface area contributed by atoms with E-state index in [4.69, 9.17) is 12.2 Å². The van der Waals surface area contributed by atoms with Gasteiger partial charge in [-0.25, -0.2) is 4.39 Å². The second-order valence-corrected chi connectivity index (χ2v) is 4.99. The molecule has 0 aliphatic carbocycles. The minimum atomic E-state index is -4.51. The molecule has 2 aromatic rings. The molecule has 0 radical (unpaired) electrons. The van der Waals surface area contributed by atoms with E-state index in [2.05, 4.69) is 10.6 Å². The van der Waals surface area contributed by atoms with Crippen molar-refractivity contribution in [1.29, 1.82) is 0 Å². The molecule has 0 bridgehead atoms. The second kappa shape index (κ2) is 6.79. The molecule has 0 saturated carbocycles. The number of nitrogens with zero attached hydrogens (tertiary/aromatic N) is 1. The van der Waals surface area contributed by atoms with Crippen LogP contribution in [0.2, 0.25) is 0 Å². The van der Waals surface area contributed by atoms with Gasteiger partial charge in [0.15, 0.2) is 5.11 Å². The lowest BCUT2D eigenvalue weighted by molar-refractivity contribution is -0.384. The average molecular weight is 359 g/mol.